The molecule has 0 saturated carbocycles. The van der Waals surface area contributed by atoms with Gasteiger partial charge in [0.05, 0.1) is 22.5 Å². The second-order valence-electron chi connectivity index (χ2n) is 8.74. The molecule has 1 aliphatic rings. The number of alkyl halides is 3. The van der Waals surface area contributed by atoms with E-state index in [-0.39, 0.29) is 12.5 Å². The number of carbonyl (C=O) groups is 1. The highest BCUT2D eigenvalue weighted by Crippen LogP contribution is 2.30. The number of benzene rings is 2. The predicted octanol–water partition coefficient (Wildman–Crippen LogP) is 5.99. The minimum Gasteiger partial charge on any atom is -0.391 e. The lowest BCUT2D eigenvalue weighted by molar-refractivity contribution is -0.137. The molecule has 1 amide bonds. The molecule has 0 bridgehead atoms. The van der Waals surface area contributed by atoms with Crippen molar-refractivity contribution in [3.8, 4) is 22.5 Å². The fourth-order valence-corrected chi connectivity index (χ4v) is 4.18. The Labute approximate surface area is 211 Å². The summed E-state index contributed by atoms with van der Waals surface area (Å²) in [6, 6.07) is 18.3. The fourth-order valence-electron chi connectivity index (χ4n) is 4.18. The Morgan fingerprint density at radius 3 is 2.62 bits per heavy atom. The highest BCUT2D eigenvalue weighted by atomic mass is 19.4. The number of nitrogens with zero attached hydrogens (tertiary/aromatic N) is 2. The maximum Gasteiger partial charge on any atom is 0.416 e. The molecule has 0 fully saturated rings. The van der Waals surface area contributed by atoms with Gasteiger partial charge < -0.3 is 15.1 Å². The lowest BCUT2D eigenvalue weighted by atomic mass is 10.0. The van der Waals surface area contributed by atoms with Gasteiger partial charge in [-0.25, -0.2) is 0 Å². The molecule has 0 atom stereocenters. The van der Waals surface area contributed by atoms with Crippen LogP contribution in [0.2, 0.25) is 0 Å². The van der Waals surface area contributed by atoms with Crippen LogP contribution in [0.1, 0.15) is 39.7 Å². The van der Waals surface area contributed by atoms with E-state index < -0.39 is 11.7 Å². The third kappa shape index (κ3) is 5.40. The predicted molar refractivity (Wildman–Crippen MR) is 134 cm³/mol. The van der Waals surface area contributed by atoms with E-state index in [1.165, 1.54) is 6.07 Å². The van der Waals surface area contributed by atoms with Gasteiger partial charge in [0.15, 0.2) is 0 Å². The van der Waals surface area contributed by atoms with Crippen LogP contribution >= 0.6 is 0 Å². The second-order valence-corrected chi connectivity index (χ2v) is 8.74. The summed E-state index contributed by atoms with van der Waals surface area (Å²) in [5.41, 5.74) is 6.15. The van der Waals surface area contributed by atoms with Crippen LogP contribution in [0.15, 0.2) is 78.1 Å². The van der Waals surface area contributed by atoms with Crippen molar-refractivity contribution in [2.75, 3.05) is 6.54 Å². The third-order valence-corrected chi connectivity index (χ3v) is 6.16. The van der Waals surface area contributed by atoms with E-state index in [2.05, 4.69) is 20.4 Å². The molecule has 0 saturated heterocycles. The Balaban J connectivity index is 1.27. The summed E-state index contributed by atoms with van der Waals surface area (Å²) in [6.07, 6.45) is -1.90. The average molecular weight is 505 g/mol. The molecule has 0 unspecified atom stereocenters. The SMILES string of the molecule is CC(=NOCc1cccc(C(F)(F)F)c1)c1ccc(-c2cc(-c3cc4c([nH]3)CCNC4=O)ccn2)cc1. The average Bonchev–Trinajstić information content (AvgIpc) is 3.35. The van der Waals surface area contributed by atoms with Crippen LogP contribution in [-0.4, -0.2) is 28.1 Å². The first-order chi connectivity index (χ1) is 17.8. The van der Waals surface area contributed by atoms with Crippen molar-refractivity contribution in [1.82, 2.24) is 15.3 Å². The van der Waals surface area contributed by atoms with Gasteiger partial charge in [-0.15, -0.1) is 0 Å². The van der Waals surface area contributed by atoms with Gasteiger partial charge in [-0.1, -0.05) is 41.6 Å². The molecular weight excluding hydrogens is 481 g/mol. The Bertz CT molecular complexity index is 1470. The van der Waals surface area contributed by atoms with E-state index in [0.29, 0.717) is 23.4 Å². The number of amides is 1. The molecule has 2 aromatic carbocycles. The Kier molecular flexibility index (Phi) is 6.52. The van der Waals surface area contributed by atoms with Crippen molar-refractivity contribution in [1.29, 1.82) is 0 Å². The van der Waals surface area contributed by atoms with Crippen molar-refractivity contribution in [2.24, 2.45) is 5.16 Å². The summed E-state index contributed by atoms with van der Waals surface area (Å²) in [4.78, 5) is 25.2. The van der Waals surface area contributed by atoms with Crippen LogP contribution < -0.4 is 5.32 Å². The number of H-pyrrole nitrogens is 1. The largest absolute Gasteiger partial charge is 0.416 e. The molecule has 188 valence electrons. The first kappa shape index (κ1) is 24.3. The summed E-state index contributed by atoms with van der Waals surface area (Å²) in [5.74, 6) is -0.0653. The summed E-state index contributed by atoms with van der Waals surface area (Å²) < 4.78 is 38.6. The molecule has 6 nitrogen and oxygen atoms in total. The van der Waals surface area contributed by atoms with Crippen molar-refractivity contribution < 1.29 is 22.8 Å². The summed E-state index contributed by atoms with van der Waals surface area (Å²) >= 11 is 0. The number of halogens is 3. The Morgan fingerprint density at radius 1 is 1.05 bits per heavy atom. The molecule has 0 radical (unpaired) electrons. The quantitative estimate of drug-likeness (QED) is 0.250. The van der Waals surface area contributed by atoms with Crippen LogP contribution in [-0.2, 0) is 24.0 Å². The number of pyridine rings is 1. The molecule has 0 spiro atoms. The van der Waals surface area contributed by atoms with E-state index in [1.54, 1.807) is 19.2 Å². The number of oxime groups is 1. The molecule has 4 aromatic rings. The molecule has 37 heavy (non-hydrogen) atoms. The number of aromatic nitrogens is 2. The van der Waals surface area contributed by atoms with Gasteiger partial charge in [-0.05, 0) is 48.4 Å². The molecular formula is C28H23F3N4O2. The van der Waals surface area contributed by atoms with Crippen molar-refractivity contribution in [2.45, 2.75) is 26.1 Å². The number of carbonyl (C=O) groups excluding carboxylic acids is 1. The van der Waals surface area contributed by atoms with Crippen LogP contribution in [0, 0.1) is 0 Å². The van der Waals surface area contributed by atoms with Crippen molar-refractivity contribution >= 4 is 11.6 Å². The van der Waals surface area contributed by atoms with Gasteiger partial charge in [-0.3, -0.25) is 9.78 Å². The standard InChI is InChI=1S/C28H23F3N4O2/c1-17(35-37-16-18-3-2-4-22(13-18)28(29,30)31)19-5-7-20(8-6-19)25-14-21(9-11-32-25)26-15-23-24(34-26)10-12-33-27(23)36/h2-9,11,13-15,34H,10,12,16H2,1H3,(H,33,36). The van der Waals surface area contributed by atoms with Gasteiger partial charge in [0.2, 0.25) is 0 Å². The zero-order valence-corrected chi connectivity index (χ0v) is 19.9. The normalized spacial score (nSPS) is 13.7. The third-order valence-electron chi connectivity index (χ3n) is 6.16. The molecule has 0 aliphatic carbocycles. The fraction of sp³-hybridized carbons (Fsp3) is 0.179. The monoisotopic (exact) mass is 504 g/mol. The smallest absolute Gasteiger partial charge is 0.391 e. The van der Waals surface area contributed by atoms with E-state index in [4.69, 9.17) is 4.84 Å². The number of fused-ring (bicyclic) bond motifs is 1. The lowest BCUT2D eigenvalue weighted by Crippen LogP contribution is -2.31. The van der Waals surface area contributed by atoms with Crippen LogP contribution in [0.3, 0.4) is 0 Å². The number of aromatic amines is 1. The van der Waals surface area contributed by atoms with Crippen LogP contribution in [0.4, 0.5) is 13.2 Å². The highest BCUT2D eigenvalue weighted by Gasteiger charge is 2.30. The van der Waals surface area contributed by atoms with Crippen LogP contribution in [0.5, 0.6) is 0 Å². The molecule has 9 heteroatoms. The van der Waals surface area contributed by atoms with Gasteiger partial charge in [0, 0.05) is 41.7 Å². The van der Waals surface area contributed by atoms with Gasteiger partial charge >= 0.3 is 6.18 Å². The second kappa shape index (κ2) is 9.93. The zero-order chi connectivity index (χ0) is 26.0. The van der Waals surface area contributed by atoms with E-state index >= 15 is 0 Å². The van der Waals surface area contributed by atoms with E-state index in [0.717, 1.165) is 52.3 Å². The summed E-state index contributed by atoms with van der Waals surface area (Å²) in [7, 11) is 0. The van der Waals surface area contributed by atoms with E-state index in [1.807, 2.05) is 42.5 Å². The first-order valence-corrected chi connectivity index (χ1v) is 11.7. The zero-order valence-electron chi connectivity index (χ0n) is 19.9. The van der Waals surface area contributed by atoms with Gasteiger partial charge in [0.1, 0.15) is 6.61 Å². The number of hydrogen-bond acceptors (Lipinski definition) is 4. The topological polar surface area (TPSA) is 79.4 Å². The van der Waals surface area contributed by atoms with Gasteiger partial charge in [0.25, 0.3) is 5.91 Å². The Hall–Kier alpha value is -4.40. The van der Waals surface area contributed by atoms with Crippen molar-refractivity contribution in [3.63, 3.8) is 0 Å². The molecule has 2 aromatic heterocycles. The number of hydrogen-bond donors (Lipinski definition) is 2. The first-order valence-electron chi connectivity index (χ1n) is 11.7. The number of rotatable bonds is 6. The lowest BCUT2D eigenvalue weighted by Gasteiger charge is -2.11. The summed E-state index contributed by atoms with van der Waals surface area (Å²) in [5, 5.41) is 6.91. The maximum atomic E-state index is 12.9. The Morgan fingerprint density at radius 2 is 1.86 bits per heavy atom. The molecule has 5 rings (SSSR count). The summed E-state index contributed by atoms with van der Waals surface area (Å²) in [6.45, 7) is 2.32. The minimum absolute atomic E-state index is 0.0653. The van der Waals surface area contributed by atoms with Gasteiger partial charge in [-0.2, -0.15) is 13.2 Å². The van der Waals surface area contributed by atoms with Crippen molar-refractivity contribution in [3.05, 3.63) is 101 Å². The molecule has 1 aliphatic heterocycles. The maximum absolute atomic E-state index is 12.9. The number of nitrogens with one attached hydrogen (secondary N) is 2. The molecule has 2 N–H and O–H groups in total. The van der Waals surface area contributed by atoms with E-state index in [9.17, 15) is 18.0 Å². The van der Waals surface area contributed by atoms with Crippen LogP contribution in [0.25, 0.3) is 22.5 Å². The minimum atomic E-state index is -4.40. The molecule has 3 heterocycles. The highest BCUT2D eigenvalue weighted by molar-refractivity contribution is 5.99.